The number of sulfonamides is 1. The molecule has 0 saturated carbocycles. The molecule has 246 valence electrons. The highest BCUT2D eigenvalue weighted by Gasteiger charge is 2.31. The number of carbonyl (C=O) groups is 2. The van der Waals surface area contributed by atoms with Crippen molar-refractivity contribution < 1.29 is 26.8 Å². The molecule has 1 fully saturated rings. The number of urea groups is 1. The summed E-state index contributed by atoms with van der Waals surface area (Å²) in [5, 5.41) is 12.8. The van der Waals surface area contributed by atoms with E-state index >= 15 is 0 Å². The number of aromatic nitrogens is 3. The maximum atomic E-state index is 14.9. The number of piperazine rings is 1. The lowest BCUT2D eigenvalue weighted by Gasteiger charge is -2.34. The lowest BCUT2D eigenvalue weighted by molar-refractivity contribution is 0.0693. The highest BCUT2D eigenvalue weighted by atomic mass is 32.2. The SMILES string of the molecule is O=C(NCc1cnccc1F)Nc1ccc(S(=O)(=O)N2CCN(C(=O)c3cc(Cc4n[nH]c(=O)c5ccccc45)ccc3F)CC2)cc1. The van der Waals surface area contributed by atoms with Crippen LogP contribution in [0.1, 0.15) is 27.2 Å². The summed E-state index contributed by atoms with van der Waals surface area (Å²) >= 11 is 0. The fourth-order valence-corrected chi connectivity index (χ4v) is 6.82. The van der Waals surface area contributed by atoms with Crippen LogP contribution in [-0.2, 0) is 23.0 Å². The average Bonchev–Trinajstić information content (AvgIpc) is 3.10. The number of hydrogen-bond acceptors (Lipinski definition) is 7. The Labute approximate surface area is 273 Å². The van der Waals surface area contributed by atoms with Gasteiger partial charge in [-0.2, -0.15) is 9.40 Å². The molecular formula is C33H29F2N7O5S. The molecule has 1 saturated heterocycles. The van der Waals surface area contributed by atoms with Crippen molar-refractivity contribution in [1.82, 2.24) is 29.7 Å². The molecule has 0 atom stereocenters. The zero-order chi connectivity index (χ0) is 33.8. The number of hydrogen-bond donors (Lipinski definition) is 3. The molecule has 0 bridgehead atoms. The molecule has 0 unspecified atom stereocenters. The first-order chi connectivity index (χ1) is 23.1. The molecule has 0 radical (unpaired) electrons. The summed E-state index contributed by atoms with van der Waals surface area (Å²) in [4.78, 5) is 43.0. The van der Waals surface area contributed by atoms with Crippen LogP contribution in [0, 0.1) is 11.6 Å². The Morgan fingerprint density at radius 1 is 0.896 bits per heavy atom. The zero-order valence-corrected chi connectivity index (χ0v) is 26.1. The second-order valence-electron chi connectivity index (χ2n) is 11.0. The lowest BCUT2D eigenvalue weighted by Crippen LogP contribution is -2.50. The summed E-state index contributed by atoms with van der Waals surface area (Å²) in [6, 6.07) is 17.3. The number of aromatic amines is 1. The molecule has 3 N–H and O–H groups in total. The highest BCUT2D eigenvalue weighted by Crippen LogP contribution is 2.23. The molecule has 12 nitrogen and oxygen atoms in total. The van der Waals surface area contributed by atoms with Crippen molar-refractivity contribution in [2.24, 2.45) is 0 Å². The molecule has 48 heavy (non-hydrogen) atoms. The summed E-state index contributed by atoms with van der Waals surface area (Å²) in [6.07, 6.45) is 2.85. The van der Waals surface area contributed by atoms with Crippen LogP contribution in [0.25, 0.3) is 10.8 Å². The Morgan fingerprint density at radius 3 is 2.35 bits per heavy atom. The standard InChI is InChI=1S/C33H29F2N7O5S/c34-28-11-12-36-19-22(28)20-37-33(45)38-23-6-8-24(9-7-23)48(46,47)42-15-13-41(14-16-42)32(44)27-17-21(5-10-29(27)35)18-30-25-3-1-2-4-26(25)31(43)40-39-30/h1-12,17,19H,13-16,18,20H2,(H,40,43)(H2,37,38,45). The topological polar surface area (TPSA) is 157 Å². The van der Waals surface area contributed by atoms with Gasteiger partial charge in [0, 0.05) is 68.2 Å². The Bertz CT molecular complexity index is 2170. The van der Waals surface area contributed by atoms with Crippen LogP contribution in [0.2, 0.25) is 0 Å². The molecule has 0 spiro atoms. The molecule has 3 amide bonds. The number of amides is 3. The third-order valence-corrected chi connectivity index (χ3v) is 9.88. The van der Waals surface area contributed by atoms with E-state index < -0.39 is 33.6 Å². The average molecular weight is 674 g/mol. The van der Waals surface area contributed by atoms with Crippen molar-refractivity contribution in [3.8, 4) is 0 Å². The van der Waals surface area contributed by atoms with Gasteiger partial charge in [0.25, 0.3) is 11.5 Å². The first kappa shape index (κ1) is 32.4. The van der Waals surface area contributed by atoms with Gasteiger partial charge in [0.05, 0.1) is 21.5 Å². The second kappa shape index (κ2) is 13.7. The summed E-state index contributed by atoms with van der Waals surface area (Å²) < 4.78 is 56.6. The summed E-state index contributed by atoms with van der Waals surface area (Å²) in [6.45, 7) is -0.00147. The second-order valence-corrected chi connectivity index (χ2v) is 13.0. The Hall–Kier alpha value is -5.54. The maximum absolute atomic E-state index is 14.9. The first-order valence-electron chi connectivity index (χ1n) is 14.9. The minimum Gasteiger partial charge on any atom is -0.336 e. The summed E-state index contributed by atoms with van der Waals surface area (Å²) in [5.74, 6) is -1.77. The number of anilines is 1. The number of nitrogens with zero attached hydrogens (tertiary/aromatic N) is 4. The van der Waals surface area contributed by atoms with Crippen LogP contribution in [0.15, 0.2) is 94.9 Å². The van der Waals surface area contributed by atoms with Gasteiger partial charge >= 0.3 is 6.03 Å². The van der Waals surface area contributed by atoms with Gasteiger partial charge in [0.2, 0.25) is 10.0 Å². The molecule has 1 aliphatic heterocycles. The number of fused-ring (bicyclic) bond motifs is 1. The van der Waals surface area contributed by atoms with Crippen molar-refractivity contribution >= 4 is 38.4 Å². The number of carbonyl (C=O) groups excluding carboxylic acids is 2. The largest absolute Gasteiger partial charge is 0.336 e. The molecular weight excluding hydrogens is 644 g/mol. The Kier molecular flexibility index (Phi) is 9.23. The van der Waals surface area contributed by atoms with Crippen molar-refractivity contribution in [3.63, 3.8) is 0 Å². The van der Waals surface area contributed by atoms with Crippen LogP contribution in [0.4, 0.5) is 19.3 Å². The van der Waals surface area contributed by atoms with Gasteiger partial charge in [0.15, 0.2) is 0 Å². The van der Waals surface area contributed by atoms with Crippen molar-refractivity contribution in [2.45, 2.75) is 17.9 Å². The van der Waals surface area contributed by atoms with E-state index in [9.17, 15) is 31.6 Å². The van der Waals surface area contributed by atoms with Crippen molar-refractivity contribution in [3.05, 3.63) is 130 Å². The third-order valence-electron chi connectivity index (χ3n) is 7.97. The molecule has 6 rings (SSSR count). The van der Waals surface area contributed by atoms with Gasteiger partial charge in [0.1, 0.15) is 11.6 Å². The molecule has 1 aliphatic rings. The molecule has 3 heterocycles. The molecule has 0 aliphatic carbocycles. The molecule has 15 heteroatoms. The molecule has 2 aromatic heterocycles. The van der Waals surface area contributed by atoms with Gasteiger partial charge in [-0.15, -0.1) is 0 Å². The quantitative estimate of drug-likeness (QED) is 0.227. The third kappa shape index (κ3) is 6.91. The van der Waals surface area contributed by atoms with Gasteiger partial charge in [-0.05, 0) is 54.1 Å². The van der Waals surface area contributed by atoms with E-state index in [2.05, 4.69) is 25.8 Å². The fraction of sp³-hybridized carbons (Fsp3) is 0.182. The summed E-state index contributed by atoms with van der Waals surface area (Å²) in [5.41, 5.74) is 1.25. The monoisotopic (exact) mass is 673 g/mol. The molecule has 3 aromatic carbocycles. The highest BCUT2D eigenvalue weighted by molar-refractivity contribution is 7.89. The maximum Gasteiger partial charge on any atom is 0.319 e. The number of nitrogens with one attached hydrogen (secondary N) is 3. The normalized spacial score (nSPS) is 13.8. The van der Waals surface area contributed by atoms with Gasteiger partial charge in [-0.1, -0.05) is 24.3 Å². The van der Waals surface area contributed by atoms with E-state index in [1.54, 1.807) is 30.3 Å². The number of rotatable bonds is 8. The van der Waals surface area contributed by atoms with Crippen LogP contribution < -0.4 is 16.2 Å². The van der Waals surface area contributed by atoms with Crippen molar-refractivity contribution in [1.29, 1.82) is 0 Å². The number of halogens is 2. The van der Waals surface area contributed by atoms with Gasteiger partial charge in [-0.25, -0.2) is 27.1 Å². The minimum atomic E-state index is -3.93. The Balaban J connectivity index is 1.06. The van der Waals surface area contributed by atoms with E-state index in [4.69, 9.17) is 0 Å². The lowest BCUT2D eigenvalue weighted by atomic mass is 10.0. The van der Waals surface area contributed by atoms with E-state index in [1.807, 2.05) is 0 Å². The van der Waals surface area contributed by atoms with E-state index in [1.165, 1.54) is 64.1 Å². The summed E-state index contributed by atoms with van der Waals surface area (Å²) in [7, 11) is -3.93. The first-order valence-corrected chi connectivity index (χ1v) is 16.3. The van der Waals surface area contributed by atoms with Crippen LogP contribution in [0.5, 0.6) is 0 Å². The predicted octanol–water partition coefficient (Wildman–Crippen LogP) is 3.66. The Morgan fingerprint density at radius 2 is 1.62 bits per heavy atom. The van der Waals surface area contributed by atoms with Crippen LogP contribution in [-0.4, -0.2) is 70.9 Å². The van der Waals surface area contributed by atoms with Gasteiger partial charge < -0.3 is 15.5 Å². The predicted molar refractivity (Wildman–Crippen MR) is 173 cm³/mol. The van der Waals surface area contributed by atoms with Crippen molar-refractivity contribution in [2.75, 3.05) is 31.5 Å². The number of pyridine rings is 1. The number of H-pyrrole nitrogens is 1. The number of benzene rings is 3. The van der Waals surface area contributed by atoms with E-state index in [0.29, 0.717) is 27.7 Å². The minimum absolute atomic E-state index is 0.00399. The molecule has 5 aromatic rings. The fourth-order valence-electron chi connectivity index (χ4n) is 5.40. The van der Waals surface area contributed by atoms with Gasteiger partial charge in [-0.3, -0.25) is 14.6 Å². The van der Waals surface area contributed by atoms with Crippen LogP contribution >= 0.6 is 0 Å². The van der Waals surface area contributed by atoms with E-state index in [-0.39, 0.29) is 60.7 Å². The van der Waals surface area contributed by atoms with Crippen LogP contribution in [0.3, 0.4) is 0 Å². The van der Waals surface area contributed by atoms with E-state index in [0.717, 1.165) is 0 Å². The smallest absolute Gasteiger partial charge is 0.319 e. The zero-order valence-electron chi connectivity index (χ0n) is 25.3.